The van der Waals surface area contributed by atoms with E-state index in [1.807, 2.05) is 30.3 Å². The van der Waals surface area contributed by atoms with E-state index in [-0.39, 0.29) is 24.1 Å². The van der Waals surface area contributed by atoms with E-state index in [1.54, 1.807) is 30.3 Å². The first kappa shape index (κ1) is 20.3. The van der Waals surface area contributed by atoms with E-state index in [9.17, 15) is 18.0 Å². The number of hydrogen-bond donors (Lipinski definition) is 1. The minimum Gasteiger partial charge on any atom is -0.310 e. The number of para-hydroxylation sites is 1. The number of carbonyl (C=O) groups excluding carboxylic acids is 1. The molecular weight excluding hydrogens is 365 g/mol. The van der Waals surface area contributed by atoms with Crippen molar-refractivity contribution in [3.05, 3.63) is 66.2 Å². The first-order chi connectivity index (χ1) is 12.0. The van der Waals surface area contributed by atoms with E-state index in [0.29, 0.717) is 19.4 Å². The largest absolute Gasteiger partial charge is 0.471 e. The number of alkyl halides is 3. The Balaban J connectivity index is 0.00000243. The second kappa shape index (κ2) is 8.56. The maximum Gasteiger partial charge on any atom is 0.471 e. The highest BCUT2D eigenvalue weighted by Gasteiger charge is 2.46. The first-order valence-corrected chi connectivity index (χ1v) is 8.20. The summed E-state index contributed by atoms with van der Waals surface area (Å²) in [6.45, 7) is 0.554. The minimum absolute atomic E-state index is 0. The zero-order valence-electron chi connectivity index (χ0n) is 13.9. The van der Waals surface area contributed by atoms with Crippen molar-refractivity contribution in [3.63, 3.8) is 0 Å². The normalized spacial score (nSPS) is 20.1. The topological polar surface area (TPSA) is 32.3 Å². The Kier molecular flexibility index (Phi) is 6.67. The molecule has 0 aliphatic carbocycles. The highest BCUT2D eigenvalue weighted by atomic mass is 35.5. The summed E-state index contributed by atoms with van der Waals surface area (Å²) < 4.78 is 39.5. The van der Waals surface area contributed by atoms with Gasteiger partial charge in [-0.15, -0.1) is 12.4 Å². The monoisotopic (exact) mass is 384 g/mol. The number of nitrogens with zero attached hydrogens (tertiary/aromatic N) is 1. The molecule has 1 heterocycles. The average Bonchev–Trinajstić information content (AvgIpc) is 2.63. The Hall–Kier alpha value is -2.05. The highest BCUT2D eigenvalue weighted by Crippen LogP contribution is 2.32. The number of piperidine rings is 1. The minimum atomic E-state index is -4.90. The van der Waals surface area contributed by atoms with Crippen molar-refractivity contribution in [3.8, 4) is 0 Å². The summed E-state index contributed by atoms with van der Waals surface area (Å²) in [5.74, 6) is -1.81. The number of carbonyl (C=O) groups is 1. The van der Waals surface area contributed by atoms with Crippen LogP contribution in [0.25, 0.3) is 0 Å². The Bertz CT molecular complexity index is 710. The van der Waals surface area contributed by atoms with Crippen molar-refractivity contribution in [2.75, 3.05) is 11.4 Å². The maximum absolute atomic E-state index is 13.2. The summed E-state index contributed by atoms with van der Waals surface area (Å²) in [7, 11) is 0. The molecule has 1 N–H and O–H groups in total. The Labute approximate surface area is 156 Å². The molecular formula is C19H20ClF3N2O. The molecule has 26 heavy (non-hydrogen) atoms. The van der Waals surface area contributed by atoms with Crippen molar-refractivity contribution in [2.45, 2.75) is 31.1 Å². The average molecular weight is 385 g/mol. The fourth-order valence-electron chi connectivity index (χ4n) is 3.29. The molecule has 1 amide bonds. The van der Waals surface area contributed by atoms with Crippen LogP contribution in [0.1, 0.15) is 24.4 Å². The van der Waals surface area contributed by atoms with Gasteiger partial charge in [-0.25, -0.2) is 0 Å². The fourth-order valence-corrected chi connectivity index (χ4v) is 3.29. The summed E-state index contributed by atoms with van der Waals surface area (Å²) in [5.41, 5.74) is 1.29. The van der Waals surface area contributed by atoms with E-state index >= 15 is 0 Å². The van der Waals surface area contributed by atoms with Gasteiger partial charge in [0.15, 0.2) is 0 Å². The number of rotatable bonds is 3. The number of hydrogen-bond acceptors (Lipinski definition) is 2. The molecule has 0 spiro atoms. The van der Waals surface area contributed by atoms with Crippen LogP contribution in [0.15, 0.2) is 60.7 Å². The molecule has 2 aromatic rings. The predicted molar refractivity (Wildman–Crippen MR) is 97.4 cm³/mol. The smallest absolute Gasteiger partial charge is 0.310 e. The Morgan fingerprint density at radius 3 is 2.15 bits per heavy atom. The molecule has 3 rings (SSSR count). The van der Waals surface area contributed by atoms with Crippen LogP contribution >= 0.6 is 12.4 Å². The number of amides is 1. The molecule has 7 heteroatoms. The first-order valence-electron chi connectivity index (χ1n) is 8.20. The predicted octanol–water partition coefficient (Wildman–Crippen LogP) is 4.50. The van der Waals surface area contributed by atoms with E-state index in [2.05, 4.69) is 5.32 Å². The third kappa shape index (κ3) is 4.56. The molecule has 2 unspecified atom stereocenters. The third-order valence-electron chi connectivity index (χ3n) is 4.44. The highest BCUT2D eigenvalue weighted by molar-refractivity contribution is 5.97. The Morgan fingerprint density at radius 2 is 1.58 bits per heavy atom. The molecule has 0 radical (unpaired) electrons. The summed E-state index contributed by atoms with van der Waals surface area (Å²) in [6, 6.07) is 17.1. The van der Waals surface area contributed by atoms with Gasteiger partial charge in [0.25, 0.3) is 0 Å². The van der Waals surface area contributed by atoms with Gasteiger partial charge >= 0.3 is 12.1 Å². The maximum atomic E-state index is 13.2. The van der Waals surface area contributed by atoms with Gasteiger partial charge < -0.3 is 10.2 Å². The summed E-state index contributed by atoms with van der Waals surface area (Å²) in [6.07, 6.45) is -4.00. The molecule has 2 atom stereocenters. The zero-order valence-corrected chi connectivity index (χ0v) is 14.8. The van der Waals surface area contributed by atoms with Gasteiger partial charge in [-0.3, -0.25) is 4.79 Å². The molecule has 1 fully saturated rings. The van der Waals surface area contributed by atoms with Gasteiger partial charge in [0.2, 0.25) is 0 Å². The number of anilines is 1. The SMILES string of the molecule is Cl.O=C(N(c1ccccc1)C1CCNC(c2ccccc2)C1)C(F)(F)F. The number of benzene rings is 2. The van der Waals surface area contributed by atoms with E-state index in [4.69, 9.17) is 0 Å². The molecule has 3 nitrogen and oxygen atoms in total. The van der Waals surface area contributed by atoms with Gasteiger partial charge in [0.1, 0.15) is 0 Å². The third-order valence-corrected chi connectivity index (χ3v) is 4.44. The molecule has 0 saturated carbocycles. The summed E-state index contributed by atoms with van der Waals surface area (Å²) >= 11 is 0. The van der Waals surface area contributed by atoms with Crippen molar-refractivity contribution < 1.29 is 18.0 Å². The lowest BCUT2D eigenvalue weighted by molar-refractivity contribution is -0.171. The van der Waals surface area contributed by atoms with Gasteiger partial charge in [-0.2, -0.15) is 13.2 Å². The Morgan fingerprint density at radius 1 is 1.00 bits per heavy atom. The van der Waals surface area contributed by atoms with Crippen molar-refractivity contribution in [2.24, 2.45) is 0 Å². The second-order valence-electron chi connectivity index (χ2n) is 6.10. The molecule has 1 aliphatic heterocycles. The molecule has 2 aromatic carbocycles. The van der Waals surface area contributed by atoms with Gasteiger partial charge in [-0.1, -0.05) is 48.5 Å². The summed E-state index contributed by atoms with van der Waals surface area (Å²) in [5, 5.41) is 3.33. The molecule has 1 saturated heterocycles. The van der Waals surface area contributed by atoms with Gasteiger partial charge in [-0.05, 0) is 37.1 Å². The van der Waals surface area contributed by atoms with Crippen LogP contribution < -0.4 is 10.2 Å². The van der Waals surface area contributed by atoms with Crippen LogP contribution in [0.4, 0.5) is 18.9 Å². The lowest BCUT2D eigenvalue weighted by atomic mass is 9.92. The van der Waals surface area contributed by atoms with Crippen molar-refractivity contribution in [1.29, 1.82) is 0 Å². The summed E-state index contributed by atoms with van der Waals surface area (Å²) in [4.78, 5) is 13.0. The molecule has 140 valence electrons. The quantitative estimate of drug-likeness (QED) is 0.845. The van der Waals surface area contributed by atoms with Gasteiger partial charge in [0.05, 0.1) is 0 Å². The van der Waals surface area contributed by atoms with E-state index in [0.717, 1.165) is 10.5 Å². The van der Waals surface area contributed by atoms with Crippen LogP contribution in [0, 0.1) is 0 Å². The van der Waals surface area contributed by atoms with Crippen LogP contribution in [0.2, 0.25) is 0 Å². The van der Waals surface area contributed by atoms with Crippen LogP contribution in [-0.2, 0) is 4.79 Å². The molecule has 1 aliphatic rings. The lowest BCUT2D eigenvalue weighted by Gasteiger charge is -2.38. The van der Waals surface area contributed by atoms with Crippen molar-refractivity contribution >= 4 is 24.0 Å². The second-order valence-corrected chi connectivity index (χ2v) is 6.10. The van der Waals surface area contributed by atoms with E-state index < -0.39 is 18.1 Å². The standard InChI is InChI=1S/C19H19F3N2O.ClH/c20-19(21,22)18(25)24(15-9-5-2-6-10-15)16-11-12-23-17(13-16)14-7-3-1-4-8-14;/h1-10,16-17,23H,11-13H2;1H. The molecule has 0 aromatic heterocycles. The zero-order chi connectivity index (χ0) is 17.9. The van der Waals surface area contributed by atoms with Crippen LogP contribution in [-0.4, -0.2) is 24.7 Å². The van der Waals surface area contributed by atoms with Crippen LogP contribution in [0.5, 0.6) is 0 Å². The van der Waals surface area contributed by atoms with E-state index in [1.165, 1.54) is 0 Å². The molecule has 0 bridgehead atoms. The number of halogens is 4. The van der Waals surface area contributed by atoms with Gasteiger partial charge in [0, 0.05) is 17.8 Å². The lowest BCUT2D eigenvalue weighted by Crippen LogP contribution is -2.51. The van der Waals surface area contributed by atoms with Crippen LogP contribution in [0.3, 0.4) is 0 Å². The van der Waals surface area contributed by atoms with Crippen molar-refractivity contribution in [1.82, 2.24) is 5.32 Å². The fraction of sp³-hybridized carbons (Fsp3) is 0.316. The number of nitrogens with one attached hydrogen (secondary N) is 1.